The van der Waals surface area contributed by atoms with Gasteiger partial charge in [-0.25, -0.2) is 0 Å². The predicted octanol–water partition coefficient (Wildman–Crippen LogP) is 5.17. The summed E-state index contributed by atoms with van der Waals surface area (Å²) >= 11 is 3.07. The molecule has 0 aliphatic carbocycles. The Morgan fingerprint density at radius 2 is 1.81 bits per heavy atom. The zero-order valence-electron chi connectivity index (χ0n) is 22.5. The van der Waals surface area contributed by atoms with Crippen LogP contribution in [0.3, 0.4) is 0 Å². The summed E-state index contributed by atoms with van der Waals surface area (Å²) in [4.78, 5) is 25.1. The maximum atomic E-state index is 13.0. The van der Waals surface area contributed by atoms with Crippen molar-refractivity contribution < 1.29 is 37.3 Å². The molecule has 2 aromatic carbocycles. The molecule has 9 nitrogen and oxygen atoms in total. The van der Waals surface area contributed by atoms with Gasteiger partial charge in [-0.3, -0.25) is 9.59 Å². The Hall–Kier alpha value is -3.04. The maximum absolute atomic E-state index is 13.0. The standard InChI is InChI=1S/C28H29F3N4O5S2/c1-16-33-34-27(42-16)41-15-21-13-23(18-6-4-17(14-36)5-7-18)40-25(39-21)19-8-10-20(11-9-19)32-24(37)22-3-2-12-35(22)26(38)28(29,30)31/h4-11,21-23,25,36H,2-3,12-15H2,1H3,(H,32,37)/t21-,22-,23+,25+/m0/s1. The second kappa shape index (κ2) is 13.1. The van der Waals surface area contributed by atoms with Crippen LogP contribution in [0.4, 0.5) is 18.9 Å². The van der Waals surface area contributed by atoms with Crippen molar-refractivity contribution >= 4 is 40.6 Å². The Morgan fingerprint density at radius 3 is 2.45 bits per heavy atom. The van der Waals surface area contributed by atoms with Crippen LogP contribution < -0.4 is 5.32 Å². The first-order valence-corrected chi connectivity index (χ1v) is 15.1. The largest absolute Gasteiger partial charge is 0.471 e. The van der Waals surface area contributed by atoms with Gasteiger partial charge < -0.3 is 24.8 Å². The van der Waals surface area contributed by atoms with Crippen LogP contribution in [-0.2, 0) is 25.7 Å². The lowest BCUT2D eigenvalue weighted by molar-refractivity contribution is -0.245. The summed E-state index contributed by atoms with van der Waals surface area (Å²) < 4.78 is 52.4. The van der Waals surface area contributed by atoms with Gasteiger partial charge >= 0.3 is 12.1 Å². The fraction of sp³-hybridized carbons (Fsp3) is 0.429. The highest BCUT2D eigenvalue weighted by atomic mass is 32.2. The number of aryl methyl sites for hydroxylation is 1. The fourth-order valence-electron chi connectivity index (χ4n) is 4.92. The molecule has 42 heavy (non-hydrogen) atoms. The Balaban J connectivity index is 1.27. The molecule has 0 radical (unpaired) electrons. The first kappa shape index (κ1) is 30.4. The van der Waals surface area contributed by atoms with Crippen LogP contribution in [0, 0.1) is 6.92 Å². The molecule has 14 heteroatoms. The number of aromatic nitrogens is 2. The van der Waals surface area contributed by atoms with E-state index < -0.39 is 30.3 Å². The number of carbonyl (C=O) groups excluding carboxylic acids is 2. The van der Waals surface area contributed by atoms with Crippen LogP contribution in [0.2, 0.25) is 0 Å². The van der Waals surface area contributed by atoms with Crippen molar-refractivity contribution in [1.82, 2.24) is 15.1 Å². The molecule has 2 fully saturated rings. The van der Waals surface area contributed by atoms with Gasteiger partial charge in [0.2, 0.25) is 5.91 Å². The van der Waals surface area contributed by atoms with Gasteiger partial charge in [0, 0.05) is 30.0 Å². The molecular formula is C28H29F3N4O5S2. The van der Waals surface area contributed by atoms with E-state index in [1.54, 1.807) is 36.0 Å². The highest BCUT2D eigenvalue weighted by Crippen LogP contribution is 2.40. The van der Waals surface area contributed by atoms with Gasteiger partial charge in [-0.1, -0.05) is 59.5 Å². The Bertz CT molecular complexity index is 1390. The summed E-state index contributed by atoms with van der Waals surface area (Å²) in [6, 6.07) is 13.1. The first-order chi connectivity index (χ1) is 20.1. The molecule has 1 aromatic heterocycles. The van der Waals surface area contributed by atoms with Gasteiger partial charge in [0.15, 0.2) is 10.6 Å². The van der Waals surface area contributed by atoms with Crippen molar-refractivity contribution in [3.05, 3.63) is 70.2 Å². The summed E-state index contributed by atoms with van der Waals surface area (Å²) in [7, 11) is 0. The van der Waals surface area contributed by atoms with Crippen LogP contribution in [0.15, 0.2) is 52.9 Å². The molecule has 0 unspecified atom stereocenters. The van der Waals surface area contributed by atoms with E-state index in [0.29, 0.717) is 34.7 Å². The minimum Gasteiger partial charge on any atom is -0.392 e. The number of ether oxygens (including phenoxy) is 2. The van der Waals surface area contributed by atoms with E-state index in [9.17, 15) is 27.9 Å². The fourth-order valence-corrected chi connectivity index (χ4v) is 6.78. The highest BCUT2D eigenvalue weighted by molar-refractivity contribution is 8.01. The van der Waals surface area contributed by atoms with Gasteiger partial charge in [-0.2, -0.15) is 13.2 Å². The molecule has 2 N–H and O–H groups in total. The van der Waals surface area contributed by atoms with Crippen molar-refractivity contribution in [1.29, 1.82) is 0 Å². The number of halogens is 3. The predicted molar refractivity (Wildman–Crippen MR) is 150 cm³/mol. The molecule has 0 spiro atoms. The normalized spacial score (nSPS) is 22.7. The molecule has 3 aromatic rings. The van der Waals surface area contributed by atoms with Crippen LogP contribution in [-0.4, -0.2) is 62.6 Å². The smallest absolute Gasteiger partial charge is 0.392 e. The summed E-state index contributed by atoms with van der Waals surface area (Å²) in [5.74, 6) is -2.04. The van der Waals surface area contributed by atoms with Gasteiger partial charge in [-0.15, -0.1) is 10.2 Å². The summed E-state index contributed by atoms with van der Waals surface area (Å²) in [6.45, 7) is 1.72. The Kier molecular flexibility index (Phi) is 9.47. The monoisotopic (exact) mass is 622 g/mol. The van der Waals surface area contributed by atoms with E-state index in [4.69, 9.17) is 9.47 Å². The minimum absolute atomic E-state index is 0.0572. The topological polar surface area (TPSA) is 114 Å². The number of carbonyl (C=O) groups is 2. The molecular weight excluding hydrogens is 593 g/mol. The van der Waals surface area contributed by atoms with Gasteiger partial charge in [0.05, 0.1) is 18.8 Å². The summed E-state index contributed by atoms with van der Waals surface area (Å²) in [6.07, 6.45) is -5.14. The lowest BCUT2D eigenvalue weighted by atomic mass is 10.0. The third kappa shape index (κ3) is 7.29. The average Bonchev–Trinajstić information content (AvgIpc) is 3.64. The lowest BCUT2D eigenvalue weighted by Crippen LogP contribution is -2.48. The summed E-state index contributed by atoms with van der Waals surface area (Å²) in [5, 5.41) is 21.1. The van der Waals surface area contributed by atoms with Crippen molar-refractivity contribution in [2.75, 3.05) is 17.6 Å². The molecule has 2 saturated heterocycles. The number of alkyl halides is 3. The molecule has 3 heterocycles. The third-order valence-electron chi connectivity index (χ3n) is 7.02. The number of nitrogens with one attached hydrogen (secondary N) is 1. The number of amides is 2. The maximum Gasteiger partial charge on any atom is 0.471 e. The Labute approximate surface area is 248 Å². The van der Waals surface area contributed by atoms with Crippen molar-refractivity contribution in [2.45, 2.75) is 67.8 Å². The van der Waals surface area contributed by atoms with Crippen LogP contribution in [0.1, 0.15) is 53.4 Å². The third-order valence-corrected chi connectivity index (χ3v) is 9.13. The van der Waals surface area contributed by atoms with E-state index in [0.717, 1.165) is 20.5 Å². The number of hydrogen-bond acceptors (Lipinski definition) is 9. The first-order valence-electron chi connectivity index (χ1n) is 13.3. The Morgan fingerprint density at radius 1 is 1.10 bits per heavy atom. The number of nitrogens with zero attached hydrogens (tertiary/aromatic N) is 3. The second-order valence-electron chi connectivity index (χ2n) is 10.0. The number of benzene rings is 2. The van der Waals surface area contributed by atoms with Gasteiger partial charge in [0.1, 0.15) is 11.0 Å². The minimum atomic E-state index is -5.03. The number of likely N-dealkylation sites (tertiary alicyclic amines) is 1. The summed E-state index contributed by atoms with van der Waals surface area (Å²) in [5.41, 5.74) is 2.81. The number of thioether (sulfide) groups is 1. The molecule has 5 rings (SSSR count). The van der Waals surface area contributed by atoms with Crippen molar-refractivity contribution in [2.24, 2.45) is 0 Å². The zero-order chi connectivity index (χ0) is 29.9. The van der Waals surface area contributed by atoms with Gasteiger partial charge in [-0.05, 0) is 43.0 Å². The average molecular weight is 623 g/mol. The number of anilines is 1. The van der Waals surface area contributed by atoms with E-state index in [2.05, 4.69) is 15.5 Å². The molecule has 2 amide bonds. The van der Waals surface area contributed by atoms with E-state index >= 15 is 0 Å². The number of rotatable bonds is 8. The number of aliphatic hydroxyl groups excluding tert-OH is 1. The lowest BCUT2D eigenvalue weighted by Gasteiger charge is -2.36. The van der Waals surface area contributed by atoms with Crippen LogP contribution >= 0.6 is 23.1 Å². The van der Waals surface area contributed by atoms with E-state index in [1.807, 2.05) is 31.2 Å². The van der Waals surface area contributed by atoms with E-state index in [1.165, 1.54) is 11.3 Å². The zero-order valence-corrected chi connectivity index (χ0v) is 24.2. The quantitative estimate of drug-likeness (QED) is 0.331. The van der Waals surface area contributed by atoms with Crippen molar-refractivity contribution in [3.63, 3.8) is 0 Å². The van der Waals surface area contributed by atoms with Crippen LogP contribution in [0.25, 0.3) is 0 Å². The van der Waals surface area contributed by atoms with Gasteiger partial charge in [0.25, 0.3) is 0 Å². The number of aliphatic hydroxyl groups is 1. The second-order valence-corrected chi connectivity index (χ2v) is 12.5. The molecule has 0 saturated carbocycles. The highest BCUT2D eigenvalue weighted by Gasteiger charge is 2.47. The van der Waals surface area contributed by atoms with Crippen LogP contribution in [0.5, 0.6) is 0 Å². The molecule has 4 atom stereocenters. The molecule has 0 bridgehead atoms. The van der Waals surface area contributed by atoms with E-state index in [-0.39, 0.29) is 31.8 Å². The molecule has 224 valence electrons. The molecule has 2 aliphatic rings. The molecule has 2 aliphatic heterocycles. The SMILES string of the molecule is Cc1nnc(SC[C@@H]2C[C@H](c3ccc(CO)cc3)O[C@H](c3ccc(NC(=O)[C@@H]4CCCN4C(=O)C(F)(F)F)cc3)O2)s1. The van der Waals surface area contributed by atoms with Crippen molar-refractivity contribution in [3.8, 4) is 0 Å². The number of hydrogen-bond donors (Lipinski definition) is 2.